The molecule has 19 heavy (non-hydrogen) atoms. The normalized spacial score (nSPS) is 14.9. The van der Waals surface area contributed by atoms with Crippen molar-refractivity contribution in [3.8, 4) is 0 Å². The summed E-state index contributed by atoms with van der Waals surface area (Å²) >= 11 is 0. The third-order valence-electron chi connectivity index (χ3n) is 3.08. The van der Waals surface area contributed by atoms with Gasteiger partial charge < -0.3 is 5.32 Å². The molecule has 0 saturated heterocycles. The molecule has 0 aromatic rings. The van der Waals surface area contributed by atoms with E-state index in [1.807, 2.05) is 6.92 Å². The van der Waals surface area contributed by atoms with E-state index < -0.39 is 9.84 Å². The van der Waals surface area contributed by atoms with Crippen LogP contribution in [0.15, 0.2) is 0 Å². The van der Waals surface area contributed by atoms with Crippen molar-refractivity contribution in [2.45, 2.75) is 66.3 Å². The molecular formula is C15H33NO2S. The maximum absolute atomic E-state index is 11.8. The van der Waals surface area contributed by atoms with E-state index in [0.717, 1.165) is 25.8 Å². The predicted octanol–water partition coefficient (Wildman–Crippen LogP) is 3.25. The molecule has 0 heterocycles. The van der Waals surface area contributed by atoms with E-state index in [4.69, 9.17) is 0 Å². The van der Waals surface area contributed by atoms with E-state index in [1.165, 1.54) is 0 Å². The summed E-state index contributed by atoms with van der Waals surface area (Å²) in [7, 11) is -2.84. The molecule has 0 aliphatic rings. The van der Waals surface area contributed by atoms with Gasteiger partial charge in [0.2, 0.25) is 0 Å². The Morgan fingerprint density at radius 1 is 1.11 bits per heavy atom. The SMILES string of the molecule is CCCS(=O)(=O)CCC(CNC(C)(C)C)CC(C)C. The van der Waals surface area contributed by atoms with Gasteiger partial charge in [-0.25, -0.2) is 8.42 Å². The number of rotatable bonds is 9. The highest BCUT2D eigenvalue weighted by atomic mass is 32.2. The van der Waals surface area contributed by atoms with Crippen LogP contribution in [0, 0.1) is 11.8 Å². The lowest BCUT2D eigenvalue weighted by Crippen LogP contribution is -2.39. The topological polar surface area (TPSA) is 46.2 Å². The number of hydrogen-bond donors (Lipinski definition) is 1. The summed E-state index contributed by atoms with van der Waals surface area (Å²) in [5, 5.41) is 3.50. The summed E-state index contributed by atoms with van der Waals surface area (Å²) in [5.74, 6) is 1.73. The van der Waals surface area contributed by atoms with Crippen LogP contribution in [0.25, 0.3) is 0 Å². The van der Waals surface area contributed by atoms with E-state index in [2.05, 4.69) is 39.9 Å². The Balaban J connectivity index is 4.35. The van der Waals surface area contributed by atoms with Crippen LogP contribution in [0.5, 0.6) is 0 Å². The van der Waals surface area contributed by atoms with Crippen molar-refractivity contribution in [2.24, 2.45) is 11.8 Å². The van der Waals surface area contributed by atoms with E-state index in [9.17, 15) is 8.42 Å². The van der Waals surface area contributed by atoms with Crippen molar-refractivity contribution in [3.63, 3.8) is 0 Å². The Kier molecular flexibility index (Phi) is 8.21. The van der Waals surface area contributed by atoms with Gasteiger partial charge in [-0.15, -0.1) is 0 Å². The highest BCUT2D eigenvalue weighted by Gasteiger charge is 2.18. The molecule has 0 radical (unpaired) electrons. The molecule has 0 aromatic carbocycles. The minimum atomic E-state index is -2.84. The van der Waals surface area contributed by atoms with E-state index in [1.54, 1.807) is 0 Å². The molecule has 0 aliphatic carbocycles. The molecule has 0 aliphatic heterocycles. The molecule has 116 valence electrons. The van der Waals surface area contributed by atoms with Gasteiger partial charge in [0.15, 0.2) is 0 Å². The van der Waals surface area contributed by atoms with Gasteiger partial charge in [0.1, 0.15) is 9.84 Å². The van der Waals surface area contributed by atoms with Crippen molar-refractivity contribution in [1.29, 1.82) is 0 Å². The summed E-state index contributed by atoms with van der Waals surface area (Å²) in [6, 6.07) is 0. The lowest BCUT2D eigenvalue weighted by Gasteiger charge is -2.26. The lowest BCUT2D eigenvalue weighted by molar-refractivity contribution is 0.327. The summed E-state index contributed by atoms with van der Waals surface area (Å²) in [6.45, 7) is 13.7. The maximum Gasteiger partial charge on any atom is 0.150 e. The quantitative estimate of drug-likeness (QED) is 0.709. The molecule has 0 bridgehead atoms. The number of hydrogen-bond acceptors (Lipinski definition) is 3. The fourth-order valence-corrected chi connectivity index (χ4v) is 3.70. The maximum atomic E-state index is 11.8. The van der Waals surface area contributed by atoms with Crippen LogP contribution < -0.4 is 5.32 Å². The first-order chi connectivity index (χ1) is 8.56. The molecule has 0 amide bonds. The van der Waals surface area contributed by atoms with Crippen molar-refractivity contribution in [3.05, 3.63) is 0 Å². The van der Waals surface area contributed by atoms with Gasteiger partial charge >= 0.3 is 0 Å². The zero-order valence-corrected chi connectivity index (χ0v) is 14.4. The average Bonchev–Trinajstić information content (AvgIpc) is 2.20. The van der Waals surface area contributed by atoms with Gasteiger partial charge in [-0.2, -0.15) is 0 Å². The van der Waals surface area contributed by atoms with Crippen LogP contribution in [0.1, 0.15) is 60.8 Å². The predicted molar refractivity (Wildman–Crippen MR) is 84.3 cm³/mol. The Bertz CT molecular complexity index is 329. The van der Waals surface area contributed by atoms with Crippen molar-refractivity contribution >= 4 is 9.84 Å². The Labute approximate surface area is 120 Å². The standard InChI is InChI=1S/C15H33NO2S/c1-7-9-19(17,18)10-8-14(11-13(2)3)12-16-15(4,5)6/h13-14,16H,7-12H2,1-6H3. The average molecular weight is 292 g/mol. The monoisotopic (exact) mass is 291 g/mol. The highest BCUT2D eigenvalue weighted by molar-refractivity contribution is 7.91. The molecule has 1 atom stereocenters. The van der Waals surface area contributed by atoms with Crippen LogP contribution in [0.2, 0.25) is 0 Å². The third kappa shape index (κ3) is 11.4. The minimum Gasteiger partial charge on any atom is -0.312 e. The van der Waals surface area contributed by atoms with Crippen LogP contribution >= 0.6 is 0 Å². The van der Waals surface area contributed by atoms with Gasteiger partial charge in [0.05, 0.1) is 5.75 Å². The largest absolute Gasteiger partial charge is 0.312 e. The summed E-state index contributed by atoms with van der Waals surface area (Å²) in [6.07, 6.45) is 2.59. The van der Waals surface area contributed by atoms with Gasteiger partial charge in [0, 0.05) is 11.3 Å². The molecule has 1 N–H and O–H groups in total. The van der Waals surface area contributed by atoms with E-state index in [-0.39, 0.29) is 5.54 Å². The van der Waals surface area contributed by atoms with Gasteiger partial charge in [-0.3, -0.25) is 0 Å². The first kappa shape index (κ1) is 18.9. The number of sulfone groups is 1. The Morgan fingerprint density at radius 2 is 1.68 bits per heavy atom. The first-order valence-electron chi connectivity index (χ1n) is 7.51. The summed E-state index contributed by atoms with van der Waals surface area (Å²) in [4.78, 5) is 0. The number of nitrogens with one attached hydrogen (secondary N) is 1. The van der Waals surface area contributed by atoms with Crippen LogP contribution in [-0.2, 0) is 9.84 Å². The van der Waals surface area contributed by atoms with Crippen molar-refractivity contribution < 1.29 is 8.42 Å². The summed E-state index contributed by atoms with van der Waals surface area (Å²) < 4.78 is 23.6. The lowest BCUT2D eigenvalue weighted by atomic mass is 9.94. The van der Waals surface area contributed by atoms with Gasteiger partial charge in [-0.05, 0) is 58.4 Å². The molecule has 0 spiro atoms. The fourth-order valence-electron chi connectivity index (χ4n) is 2.18. The van der Waals surface area contributed by atoms with Gasteiger partial charge in [-0.1, -0.05) is 20.8 Å². The molecular weight excluding hydrogens is 258 g/mol. The molecule has 4 heteroatoms. The summed E-state index contributed by atoms with van der Waals surface area (Å²) in [5.41, 5.74) is 0.0948. The third-order valence-corrected chi connectivity index (χ3v) is 4.97. The van der Waals surface area contributed by atoms with Crippen LogP contribution in [0.4, 0.5) is 0 Å². The fraction of sp³-hybridized carbons (Fsp3) is 1.00. The molecule has 1 unspecified atom stereocenters. The molecule has 0 aromatic heterocycles. The minimum absolute atomic E-state index is 0.0948. The second-order valence-electron chi connectivity index (χ2n) is 7.07. The van der Waals surface area contributed by atoms with Crippen LogP contribution in [-0.4, -0.2) is 32.0 Å². The second kappa shape index (κ2) is 8.25. The van der Waals surface area contributed by atoms with Crippen LogP contribution in [0.3, 0.4) is 0 Å². The second-order valence-corrected chi connectivity index (χ2v) is 9.37. The zero-order chi connectivity index (χ0) is 15.1. The smallest absolute Gasteiger partial charge is 0.150 e. The molecule has 3 nitrogen and oxygen atoms in total. The van der Waals surface area contributed by atoms with E-state index >= 15 is 0 Å². The van der Waals surface area contributed by atoms with Crippen molar-refractivity contribution in [2.75, 3.05) is 18.1 Å². The van der Waals surface area contributed by atoms with Crippen molar-refractivity contribution in [1.82, 2.24) is 5.32 Å². The Hall–Kier alpha value is -0.0900. The molecule has 0 fully saturated rings. The molecule has 0 rings (SSSR count). The molecule has 0 saturated carbocycles. The van der Waals surface area contributed by atoms with E-state index in [0.29, 0.717) is 23.3 Å². The Morgan fingerprint density at radius 3 is 2.11 bits per heavy atom. The zero-order valence-electron chi connectivity index (χ0n) is 13.6. The first-order valence-corrected chi connectivity index (χ1v) is 9.33. The highest BCUT2D eigenvalue weighted by Crippen LogP contribution is 2.17. The van der Waals surface area contributed by atoms with Gasteiger partial charge in [0.25, 0.3) is 0 Å².